The Hall–Kier alpha value is -1.35. The van der Waals surface area contributed by atoms with Crippen LogP contribution in [0.5, 0.6) is 0 Å². The van der Waals surface area contributed by atoms with E-state index in [4.69, 9.17) is 5.73 Å². The third-order valence-corrected chi connectivity index (χ3v) is 4.35. The summed E-state index contributed by atoms with van der Waals surface area (Å²) in [5.74, 6) is 0.0260. The molecule has 0 aliphatic carbocycles. The van der Waals surface area contributed by atoms with Crippen molar-refractivity contribution >= 4 is 5.91 Å². The predicted octanol–water partition coefficient (Wildman–Crippen LogP) is 2.91. The highest BCUT2D eigenvalue weighted by molar-refractivity contribution is 5.87. The molecule has 0 radical (unpaired) electrons. The molecule has 0 spiro atoms. The number of carbonyl (C=O) groups excluding carboxylic acids is 1. The molecule has 0 aromatic heterocycles. The van der Waals surface area contributed by atoms with Gasteiger partial charge in [0.1, 0.15) is 0 Å². The lowest BCUT2D eigenvalue weighted by molar-refractivity contribution is -0.125. The number of aryl methyl sites for hydroxylation is 1. The number of rotatable bonds is 6. The van der Waals surface area contributed by atoms with Crippen LogP contribution in [0.3, 0.4) is 0 Å². The lowest BCUT2D eigenvalue weighted by Gasteiger charge is -2.30. The van der Waals surface area contributed by atoms with E-state index in [2.05, 4.69) is 19.2 Å². The molecule has 0 saturated carbocycles. The first kappa shape index (κ1) is 16.7. The maximum Gasteiger partial charge on any atom is 0.230 e. The standard InChI is InChI=1S/C17H28N2O/c1-6-17(18,7-2)12-19-15(20)16(4,5)14-10-8-13(3)9-11-14/h8-11H,6-7,12,18H2,1-5H3,(H,19,20). The normalized spacial score (nSPS) is 12.3. The monoisotopic (exact) mass is 276 g/mol. The molecule has 20 heavy (non-hydrogen) atoms. The Balaban J connectivity index is 2.77. The van der Waals surface area contributed by atoms with Crippen molar-refractivity contribution in [2.45, 2.75) is 58.4 Å². The van der Waals surface area contributed by atoms with Crippen LogP contribution < -0.4 is 11.1 Å². The van der Waals surface area contributed by atoms with Crippen LogP contribution in [0.15, 0.2) is 24.3 Å². The van der Waals surface area contributed by atoms with Crippen molar-refractivity contribution in [3.05, 3.63) is 35.4 Å². The Bertz CT molecular complexity index is 445. The summed E-state index contributed by atoms with van der Waals surface area (Å²) in [5.41, 5.74) is 7.60. The van der Waals surface area contributed by atoms with Crippen molar-refractivity contribution in [2.75, 3.05) is 6.54 Å². The molecule has 1 aromatic carbocycles. The summed E-state index contributed by atoms with van der Waals surface area (Å²) >= 11 is 0. The van der Waals surface area contributed by atoms with Gasteiger partial charge in [-0.1, -0.05) is 43.7 Å². The Labute approximate surface area is 122 Å². The summed E-state index contributed by atoms with van der Waals surface area (Å²) in [7, 11) is 0. The number of nitrogens with two attached hydrogens (primary N) is 1. The Morgan fingerprint density at radius 2 is 1.65 bits per heavy atom. The second kappa shape index (κ2) is 6.40. The average molecular weight is 276 g/mol. The Morgan fingerprint density at radius 1 is 1.15 bits per heavy atom. The molecule has 3 heteroatoms. The third-order valence-electron chi connectivity index (χ3n) is 4.35. The van der Waals surface area contributed by atoms with E-state index < -0.39 is 5.41 Å². The fraction of sp³-hybridized carbons (Fsp3) is 0.588. The van der Waals surface area contributed by atoms with E-state index in [-0.39, 0.29) is 11.4 Å². The molecular weight excluding hydrogens is 248 g/mol. The van der Waals surface area contributed by atoms with Gasteiger partial charge in [-0.15, -0.1) is 0 Å². The van der Waals surface area contributed by atoms with Crippen molar-refractivity contribution < 1.29 is 4.79 Å². The van der Waals surface area contributed by atoms with E-state index in [1.165, 1.54) is 5.56 Å². The van der Waals surface area contributed by atoms with Gasteiger partial charge in [0.05, 0.1) is 5.41 Å². The number of benzene rings is 1. The van der Waals surface area contributed by atoms with E-state index in [9.17, 15) is 4.79 Å². The van der Waals surface area contributed by atoms with Crippen LogP contribution in [0, 0.1) is 6.92 Å². The molecular formula is C17H28N2O. The molecule has 3 nitrogen and oxygen atoms in total. The zero-order chi connectivity index (χ0) is 15.4. The molecule has 0 fully saturated rings. The van der Waals surface area contributed by atoms with Gasteiger partial charge in [-0.05, 0) is 39.2 Å². The fourth-order valence-corrected chi connectivity index (χ4v) is 2.08. The van der Waals surface area contributed by atoms with Gasteiger partial charge in [-0.3, -0.25) is 4.79 Å². The summed E-state index contributed by atoms with van der Waals surface area (Å²) in [5, 5.41) is 3.01. The fourth-order valence-electron chi connectivity index (χ4n) is 2.08. The lowest BCUT2D eigenvalue weighted by Crippen LogP contribution is -2.52. The van der Waals surface area contributed by atoms with E-state index >= 15 is 0 Å². The van der Waals surface area contributed by atoms with Gasteiger partial charge in [0.15, 0.2) is 0 Å². The number of nitrogens with one attached hydrogen (secondary N) is 1. The minimum absolute atomic E-state index is 0.0260. The maximum atomic E-state index is 12.5. The third kappa shape index (κ3) is 3.83. The van der Waals surface area contributed by atoms with Crippen LogP contribution in [0.4, 0.5) is 0 Å². The van der Waals surface area contributed by atoms with Gasteiger partial charge in [-0.2, -0.15) is 0 Å². The summed E-state index contributed by atoms with van der Waals surface area (Å²) < 4.78 is 0. The first-order chi connectivity index (χ1) is 9.25. The zero-order valence-corrected chi connectivity index (χ0v) is 13.4. The lowest BCUT2D eigenvalue weighted by atomic mass is 9.83. The second-order valence-electron chi connectivity index (χ2n) is 6.24. The Kier molecular flexibility index (Phi) is 5.35. The molecule has 1 amide bonds. The predicted molar refractivity (Wildman–Crippen MR) is 84.7 cm³/mol. The van der Waals surface area contributed by atoms with Gasteiger partial charge in [0.25, 0.3) is 0 Å². The van der Waals surface area contributed by atoms with Crippen molar-refractivity contribution in [1.29, 1.82) is 0 Å². The maximum absolute atomic E-state index is 12.5. The molecule has 0 atom stereocenters. The minimum atomic E-state index is -0.546. The minimum Gasteiger partial charge on any atom is -0.354 e. The van der Waals surface area contributed by atoms with Crippen molar-refractivity contribution in [3.63, 3.8) is 0 Å². The van der Waals surface area contributed by atoms with Crippen LogP contribution in [0.25, 0.3) is 0 Å². The number of amides is 1. The number of hydrogen-bond donors (Lipinski definition) is 2. The largest absolute Gasteiger partial charge is 0.354 e. The van der Waals surface area contributed by atoms with Gasteiger partial charge < -0.3 is 11.1 Å². The molecule has 1 aromatic rings. The molecule has 0 aliphatic heterocycles. The van der Waals surface area contributed by atoms with Gasteiger partial charge in [-0.25, -0.2) is 0 Å². The molecule has 0 aliphatic rings. The highest BCUT2D eigenvalue weighted by Gasteiger charge is 2.31. The topological polar surface area (TPSA) is 55.1 Å². The average Bonchev–Trinajstić information content (AvgIpc) is 2.44. The molecule has 0 heterocycles. The van der Waals surface area contributed by atoms with Crippen molar-refractivity contribution in [2.24, 2.45) is 5.73 Å². The summed E-state index contributed by atoms with van der Waals surface area (Å²) in [4.78, 5) is 12.5. The second-order valence-corrected chi connectivity index (χ2v) is 6.24. The van der Waals surface area contributed by atoms with Gasteiger partial charge >= 0.3 is 0 Å². The molecule has 112 valence electrons. The molecule has 1 rings (SSSR count). The van der Waals surface area contributed by atoms with Crippen molar-refractivity contribution in [3.8, 4) is 0 Å². The van der Waals surface area contributed by atoms with Crippen LogP contribution in [-0.4, -0.2) is 18.0 Å². The molecule has 3 N–H and O–H groups in total. The van der Waals surface area contributed by atoms with Crippen LogP contribution in [0.1, 0.15) is 51.7 Å². The van der Waals surface area contributed by atoms with Gasteiger partial charge in [0, 0.05) is 12.1 Å². The van der Waals surface area contributed by atoms with Crippen LogP contribution in [0.2, 0.25) is 0 Å². The summed E-state index contributed by atoms with van der Waals surface area (Å²) in [6.07, 6.45) is 1.71. The van der Waals surface area contributed by atoms with Crippen LogP contribution >= 0.6 is 0 Å². The van der Waals surface area contributed by atoms with Crippen molar-refractivity contribution in [1.82, 2.24) is 5.32 Å². The number of carbonyl (C=O) groups is 1. The first-order valence-electron chi connectivity index (χ1n) is 7.39. The van der Waals surface area contributed by atoms with E-state index in [1.807, 2.05) is 45.0 Å². The molecule has 0 saturated heterocycles. The molecule has 0 unspecified atom stereocenters. The summed E-state index contributed by atoms with van der Waals surface area (Å²) in [6.45, 7) is 10.6. The smallest absolute Gasteiger partial charge is 0.230 e. The van der Waals surface area contributed by atoms with E-state index in [0.29, 0.717) is 6.54 Å². The van der Waals surface area contributed by atoms with Crippen LogP contribution in [-0.2, 0) is 10.2 Å². The highest BCUT2D eigenvalue weighted by Crippen LogP contribution is 2.24. The van der Waals surface area contributed by atoms with E-state index in [1.54, 1.807) is 0 Å². The first-order valence-corrected chi connectivity index (χ1v) is 7.39. The molecule has 0 bridgehead atoms. The van der Waals surface area contributed by atoms with Gasteiger partial charge in [0.2, 0.25) is 5.91 Å². The SMILES string of the molecule is CCC(N)(CC)CNC(=O)C(C)(C)c1ccc(C)cc1. The number of hydrogen-bond acceptors (Lipinski definition) is 2. The Morgan fingerprint density at radius 3 is 2.10 bits per heavy atom. The summed E-state index contributed by atoms with van der Waals surface area (Å²) in [6, 6.07) is 8.11. The highest BCUT2D eigenvalue weighted by atomic mass is 16.2. The van der Waals surface area contributed by atoms with E-state index in [0.717, 1.165) is 18.4 Å². The zero-order valence-electron chi connectivity index (χ0n) is 13.4. The quantitative estimate of drug-likeness (QED) is 0.839.